The molecule has 0 N–H and O–H groups in total. The van der Waals surface area contributed by atoms with Crippen molar-refractivity contribution in [3.63, 3.8) is 0 Å². The molecule has 4 rings (SSSR count). The molecule has 0 amide bonds. The molecule has 0 unspecified atom stereocenters. The summed E-state index contributed by atoms with van der Waals surface area (Å²) in [7, 11) is 0. The van der Waals surface area contributed by atoms with Crippen LogP contribution in [-0.2, 0) is 28.5 Å². The molecule has 4 aliphatic carbocycles. The Balaban J connectivity index is 1.27. The maximum absolute atomic E-state index is 11.7. The molecule has 0 heterocycles. The average Bonchev–Trinajstić information content (AvgIpc) is 2.52. The summed E-state index contributed by atoms with van der Waals surface area (Å²) >= 11 is 0. The second kappa shape index (κ2) is 7.87. The first-order chi connectivity index (χ1) is 12.0. The molecule has 0 aliphatic heterocycles. The third kappa shape index (κ3) is 4.82. The van der Waals surface area contributed by atoms with Crippen LogP contribution in [0.1, 0.15) is 45.4 Å². The zero-order valence-electron chi connectivity index (χ0n) is 15.0. The third-order valence-electron chi connectivity index (χ3n) is 5.60. The summed E-state index contributed by atoms with van der Waals surface area (Å²) in [5, 5.41) is 0. The van der Waals surface area contributed by atoms with E-state index in [-0.39, 0.29) is 32.2 Å². The van der Waals surface area contributed by atoms with Gasteiger partial charge < -0.3 is 18.9 Å². The van der Waals surface area contributed by atoms with E-state index in [0.717, 1.165) is 37.0 Å². The number of carbonyl (C=O) groups excluding carboxylic acids is 2. The molecule has 4 bridgehead atoms. The second-order valence-electron chi connectivity index (χ2n) is 7.85. The monoisotopic (exact) mass is 352 g/mol. The van der Waals surface area contributed by atoms with E-state index in [1.54, 1.807) is 6.92 Å². The first kappa shape index (κ1) is 18.4. The Morgan fingerprint density at radius 3 is 2.16 bits per heavy atom. The average molecular weight is 352 g/mol. The van der Waals surface area contributed by atoms with E-state index in [2.05, 4.69) is 6.58 Å². The standard InChI is InChI=1S/C19H28O6/c1-13(2)18(21)23-4-3-22-11-17(20)24-12-25-19-8-14-5-15(9-19)7-16(6-14)10-19/h14-16H,1,3-12H2,2H3. The molecular formula is C19H28O6. The highest BCUT2D eigenvalue weighted by molar-refractivity contribution is 5.86. The number of hydrogen-bond acceptors (Lipinski definition) is 6. The van der Waals surface area contributed by atoms with Crippen LogP contribution in [0.4, 0.5) is 0 Å². The van der Waals surface area contributed by atoms with E-state index in [4.69, 9.17) is 18.9 Å². The van der Waals surface area contributed by atoms with E-state index in [0.29, 0.717) is 5.57 Å². The van der Waals surface area contributed by atoms with Gasteiger partial charge >= 0.3 is 11.9 Å². The normalized spacial score (nSPS) is 32.4. The van der Waals surface area contributed by atoms with Crippen LogP contribution in [-0.4, -0.2) is 44.2 Å². The lowest BCUT2D eigenvalue weighted by Gasteiger charge is -2.56. The SMILES string of the molecule is C=C(C)C(=O)OCCOCC(=O)OCOC12CC3CC(CC(C3)C1)C2. The molecule has 4 fully saturated rings. The van der Waals surface area contributed by atoms with Gasteiger partial charge in [-0.15, -0.1) is 0 Å². The Hall–Kier alpha value is -1.40. The van der Waals surface area contributed by atoms with Crippen molar-refractivity contribution >= 4 is 11.9 Å². The van der Waals surface area contributed by atoms with Crippen LogP contribution in [0.25, 0.3) is 0 Å². The van der Waals surface area contributed by atoms with Crippen LogP contribution in [0, 0.1) is 17.8 Å². The first-order valence-electron chi connectivity index (χ1n) is 9.16. The fraction of sp³-hybridized carbons (Fsp3) is 0.789. The van der Waals surface area contributed by atoms with Gasteiger partial charge in [0, 0.05) is 5.57 Å². The fourth-order valence-electron chi connectivity index (χ4n) is 4.94. The minimum Gasteiger partial charge on any atom is -0.460 e. The molecule has 0 radical (unpaired) electrons. The quantitative estimate of drug-likeness (QED) is 0.275. The van der Waals surface area contributed by atoms with Gasteiger partial charge in [-0.05, 0) is 63.2 Å². The van der Waals surface area contributed by atoms with Crippen molar-refractivity contribution in [3.8, 4) is 0 Å². The Kier molecular flexibility index (Phi) is 5.79. The van der Waals surface area contributed by atoms with E-state index in [1.165, 1.54) is 19.3 Å². The maximum Gasteiger partial charge on any atom is 0.334 e. The molecule has 0 spiro atoms. The van der Waals surface area contributed by atoms with Crippen molar-refractivity contribution < 1.29 is 28.5 Å². The van der Waals surface area contributed by atoms with Crippen molar-refractivity contribution in [2.45, 2.75) is 51.0 Å². The largest absolute Gasteiger partial charge is 0.460 e. The van der Waals surface area contributed by atoms with Crippen molar-refractivity contribution in [3.05, 3.63) is 12.2 Å². The second-order valence-corrected chi connectivity index (χ2v) is 7.85. The number of carbonyl (C=O) groups is 2. The lowest BCUT2D eigenvalue weighted by molar-refractivity contribution is -0.212. The number of ether oxygens (including phenoxy) is 4. The maximum atomic E-state index is 11.7. The molecule has 4 aliphatic rings. The van der Waals surface area contributed by atoms with E-state index >= 15 is 0 Å². The van der Waals surface area contributed by atoms with E-state index in [1.807, 2.05) is 0 Å². The molecule has 0 saturated heterocycles. The number of esters is 2. The molecular weight excluding hydrogens is 324 g/mol. The first-order valence-corrected chi connectivity index (χ1v) is 9.16. The van der Waals surface area contributed by atoms with Gasteiger partial charge in [0.25, 0.3) is 0 Å². The Morgan fingerprint density at radius 1 is 1.00 bits per heavy atom. The molecule has 0 atom stereocenters. The predicted molar refractivity (Wildman–Crippen MR) is 89.5 cm³/mol. The van der Waals surface area contributed by atoms with Crippen LogP contribution >= 0.6 is 0 Å². The summed E-state index contributed by atoms with van der Waals surface area (Å²) in [4.78, 5) is 22.8. The minimum atomic E-state index is -0.463. The topological polar surface area (TPSA) is 71.1 Å². The van der Waals surface area contributed by atoms with Gasteiger partial charge in [0.15, 0.2) is 6.79 Å². The summed E-state index contributed by atoms with van der Waals surface area (Å²) in [6.07, 6.45) is 7.40. The third-order valence-corrected chi connectivity index (χ3v) is 5.60. The molecule has 4 saturated carbocycles. The summed E-state index contributed by atoms with van der Waals surface area (Å²) in [6, 6.07) is 0. The predicted octanol–water partition coefficient (Wildman–Crippen LogP) is 2.61. The Labute approximate surface area is 148 Å². The lowest BCUT2D eigenvalue weighted by atomic mass is 9.54. The Morgan fingerprint density at radius 2 is 1.60 bits per heavy atom. The van der Waals surface area contributed by atoms with Crippen molar-refractivity contribution in [2.75, 3.05) is 26.6 Å². The minimum absolute atomic E-state index is 0.000994. The molecule has 6 heteroatoms. The summed E-state index contributed by atoms with van der Waals surface area (Å²) in [5.41, 5.74) is 0.272. The molecule has 0 aromatic heterocycles. The highest BCUT2D eigenvalue weighted by atomic mass is 16.7. The van der Waals surface area contributed by atoms with Gasteiger partial charge in [0.2, 0.25) is 0 Å². The number of hydrogen-bond donors (Lipinski definition) is 0. The molecule has 6 nitrogen and oxygen atoms in total. The van der Waals surface area contributed by atoms with Crippen molar-refractivity contribution in [1.82, 2.24) is 0 Å². The highest BCUT2D eigenvalue weighted by Gasteiger charge is 2.51. The van der Waals surface area contributed by atoms with Gasteiger partial charge in [0.1, 0.15) is 13.2 Å². The van der Waals surface area contributed by atoms with Crippen molar-refractivity contribution in [2.24, 2.45) is 17.8 Å². The lowest BCUT2D eigenvalue weighted by Crippen LogP contribution is -2.52. The summed E-state index contributed by atoms with van der Waals surface area (Å²) in [6.45, 7) is 5.11. The molecule has 0 aromatic rings. The van der Waals surface area contributed by atoms with Crippen molar-refractivity contribution in [1.29, 1.82) is 0 Å². The van der Waals surface area contributed by atoms with Gasteiger partial charge in [-0.25, -0.2) is 9.59 Å². The number of rotatable bonds is 9. The van der Waals surface area contributed by atoms with Crippen LogP contribution in [0.2, 0.25) is 0 Å². The zero-order valence-corrected chi connectivity index (χ0v) is 15.0. The fourth-order valence-corrected chi connectivity index (χ4v) is 4.94. The summed E-state index contributed by atoms with van der Waals surface area (Å²) in [5.74, 6) is 1.47. The van der Waals surface area contributed by atoms with Gasteiger partial charge in [0.05, 0.1) is 12.2 Å². The smallest absolute Gasteiger partial charge is 0.334 e. The molecule has 140 valence electrons. The van der Waals surface area contributed by atoms with Crippen LogP contribution in [0.15, 0.2) is 12.2 Å². The van der Waals surface area contributed by atoms with E-state index in [9.17, 15) is 9.59 Å². The van der Waals surface area contributed by atoms with Crippen LogP contribution in [0.3, 0.4) is 0 Å². The van der Waals surface area contributed by atoms with E-state index < -0.39 is 11.9 Å². The van der Waals surface area contributed by atoms with Gasteiger partial charge in [-0.2, -0.15) is 0 Å². The van der Waals surface area contributed by atoms with Gasteiger partial charge in [-0.1, -0.05) is 6.58 Å². The van der Waals surface area contributed by atoms with Crippen LogP contribution in [0.5, 0.6) is 0 Å². The summed E-state index contributed by atoms with van der Waals surface area (Å²) < 4.78 is 21.2. The molecule has 0 aromatic carbocycles. The Bertz CT molecular complexity index is 491. The highest BCUT2D eigenvalue weighted by Crippen LogP contribution is 2.57. The van der Waals surface area contributed by atoms with Crippen LogP contribution < -0.4 is 0 Å². The molecule has 25 heavy (non-hydrogen) atoms. The zero-order chi connectivity index (χ0) is 17.9. The van der Waals surface area contributed by atoms with Gasteiger partial charge in [-0.3, -0.25) is 0 Å².